The molecule has 0 heterocycles. The number of halogens is 2. The Labute approximate surface area is 124 Å². The summed E-state index contributed by atoms with van der Waals surface area (Å²) >= 11 is 9.77. The van der Waals surface area contributed by atoms with Gasteiger partial charge in [0.2, 0.25) is 0 Å². The molecule has 0 aliphatic carbocycles. The first-order valence-corrected chi connectivity index (χ1v) is 7.60. The molecule has 0 aliphatic heterocycles. The van der Waals surface area contributed by atoms with Crippen molar-refractivity contribution < 1.29 is 0 Å². The minimum atomic E-state index is 0.262. The van der Waals surface area contributed by atoms with Crippen LogP contribution in [0.3, 0.4) is 0 Å². The molecule has 0 saturated heterocycles. The predicted octanol–water partition coefficient (Wildman–Crippen LogP) is 5.50. The summed E-state index contributed by atoms with van der Waals surface area (Å²) in [6.07, 6.45) is 3.07. The van der Waals surface area contributed by atoms with E-state index in [4.69, 9.17) is 11.6 Å². The molecule has 1 nitrogen and oxygen atoms in total. The maximum atomic E-state index is 6.33. The molecule has 18 heavy (non-hydrogen) atoms. The largest absolute Gasteiger partial charge is 0.310 e. The molecule has 0 aromatic heterocycles. The summed E-state index contributed by atoms with van der Waals surface area (Å²) in [6, 6.07) is 6.34. The topological polar surface area (TPSA) is 12.0 Å². The van der Waals surface area contributed by atoms with Gasteiger partial charge in [-0.2, -0.15) is 0 Å². The summed E-state index contributed by atoms with van der Waals surface area (Å²) in [5.74, 6) is 0. The molecule has 0 aliphatic rings. The van der Waals surface area contributed by atoms with Crippen molar-refractivity contribution in [3.8, 4) is 0 Å². The molecule has 0 saturated carbocycles. The van der Waals surface area contributed by atoms with Crippen molar-refractivity contribution in [3.63, 3.8) is 0 Å². The van der Waals surface area contributed by atoms with Crippen molar-refractivity contribution in [2.24, 2.45) is 0 Å². The maximum absolute atomic E-state index is 6.33. The van der Waals surface area contributed by atoms with Gasteiger partial charge in [0.1, 0.15) is 0 Å². The van der Waals surface area contributed by atoms with Gasteiger partial charge in [0.25, 0.3) is 0 Å². The quantitative estimate of drug-likeness (QED) is 0.651. The Kier molecular flexibility index (Phi) is 6.98. The van der Waals surface area contributed by atoms with Crippen LogP contribution >= 0.6 is 27.5 Å². The minimum Gasteiger partial charge on any atom is -0.310 e. The van der Waals surface area contributed by atoms with Crippen LogP contribution in [-0.4, -0.2) is 6.54 Å². The molecule has 0 amide bonds. The van der Waals surface area contributed by atoms with Gasteiger partial charge in [-0.05, 0) is 43.5 Å². The van der Waals surface area contributed by atoms with Crippen LogP contribution in [-0.2, 0) is 0 Å². The van der Waals surface area contributed by atoms with Crippen molar-refractivity contribution in [3.05, 3.63) is 45.4 Å². The predicted molar refractivity (Wildman–Crippen MR) is 84.2 cm³/mol. The van der Waals surface area contributed by atoms with E-state index in [9.17, 15) is 0 Å². The highest BCUT2D eigenvalue weighted by Gasteiger charge is 2.14. The number of benzene rings is 1. The lowest BCUT2D eigenvalue weighted by atomic mass is 9.98. The fourth-order valence-electron chi connectivity index (χ4n) is 1.83. The second kappa shape index (κ2) is 7.98. The molecule has 1 aromatic carbocycles. The Hall–Kier alpha value is -0.310. The number of hydrogen-bond acceptors (Lipinski definition) is 1. The van der Waals surface area contributed by atoms with Crippen LogP contribution in [0.2, 0.25) is 5.02 Å². The van der Waals surface area contributed by atoms with E-state index < -0.39 is 0 Å². The van der Waals surface area contributed by atoms with Gasteiger partial charge in [-0.1, -0.05) is 59.6 Å². The average molecular weight is 331 g/mol. The van der Waals surface area contributed by atoms with Crippen molar-refractivity contribution in [1.29, 1.82) is 0 Å². The molecule has 1 unspecified atom stereocenters. The highest BCUT2D eigenvalue weighted by Crippen LogP contribution is 2.30. The SMILES string of the molecule is C=C(CC)CC(NCCC)c1ccc(Br)cc1Cl. The van der Waals surface area contributed by atoms with Crippen molar-refractivity contribution in [2.45, 2.75) is 39.2 Å². The third-order valence-electron chi connectivity index (χ3n) is 2.97. The third-order valence-corrected chi connectivity index (χ3v) is 3.79. The standard InChI is InChI=1S/C15H21BrClN/c1-4-8-18-15(9-11(3)5-2)13-7-6-12(16)10-14(13)17/h6-7,10,15,18H,3-5,8-9H2,1-2H3. The number of hydrogen-bond donors (Lipinski definition) is 1. The van der Waals surface area contributed by atoms with E-state index in [2.05, 4.69) is 47.7 Å². The minimum absolute atomic E-state index is 0.262. The van der Waals surface area contributed by atoms with E-state index in [1.54, 1.807) is 0 Å². The molecule has 0 spiro atoms. The Morgan fingerprint density at radius 1 is 1.44 bits per heavy atom. The van der Waals surface area contributed by atoms with Gasteiger partial charge >= 0.3 is 0 Å². The van der Waals surface area contributed by atoms with Gasteiger partial charge < -0.3 is 5.32 Å². The lowest BCUT2D eigenvalue weighted by molar-refractivity contribution is 0.524. The first-order chi connectivity index (χ1) is 8.58. The second-order valence-electron chi connectivity index (χ2n) is 4.48. The Morgan fingerprint density at radius 3 is 2.72 bits per heavy atom. The van der Waals surface area contributed by atoms with Gasteiger partial charge in [0.05, 0.1) is 0 Å². The summed E-state index contributed by atoms with van der Waals surface area (Å²) in [4.78, 5) is 0. The van der Waals surface area contributed by atoms with Crippen LogP contribution < -0.4 is 5.32 Å². The highest BCUT2D eigenvalue weighted by atomic mass is 79.9. The van der Waals surface area contributed by atoms with Crippen LogP contribution in [0.15, 0.2) is 34.8 Å². The summed E-state index contributed by atoms with van der Waals surface area (Å²) in [7, 11) is 0. The van der Waals surface area contributed by atoms with Crippen LogP contribution in [0, 0.1) is 0 Å². The lowest BCUT2D eigenvalue weighted by Crippen LogP contribution is -2.22. The summed E-state index contributed by atoms with van der Waals surface area (Å²) in [6.45, 7) is 9.41. The fourth-order valence-corrected chi connectivity index (χ4v) is 2.63. The molecule has 1 N–H and O–H groups in total. The smallest absolute Gasteiger partial charge is 0.0465 e. The summed E-state index contributed by atoms with van der Waals surface area (Å²) in [5.41, 5.74) is 2.41. The molecule has 1 rings (SSSR count). The molecule has 0 radical (unpaired) electrons. The van der Waals surface area contributed by atoms with Crippen LogP contribution in [0.4, 0.5) is 0 Å². The van der Waals surface area contributed by atoms with Gasteiger partial charge in [-0.15, -0.1) is 0 Å². The molecule has 1 aromatic rings. The van der Waals surface area contributed by atoms with Gasteiger partial charge in [-0.25, -0.2) is 0 Å². The van der Waals surface area contributed by atoms with Crippen molar-refractivity contribution in [1.82, 2.24) is 5.32 Å². The Morgan fingerprint density at radius 2 is 2.17 bits per heavy atom. The lowest BCUT2D eigenvalue weighted by Gasteiger charge is -2.21. The first-order valence-electron chi connectivity index (χ1n) is 6.43. The van der Waals surface area contributed by atoms with E-state index in [1.165, 1.54) is 5.57 Å². The van der Waals surface area contributed by atoms with Crippen LogP contribution in [0.25, 0.3) is 0 Å². The average Bonchev–Trinajstić information content (AvgIpc) is 2.34. The van der Waals surface area contributed by atoms with Crippen LogP contribution in [0.1, 0.15) is 44.7 Å². The second-order valence-corrected chi connectivity index (χ2v) is 5.80. The molecule has 1 atom stereocenters. The fraction of sp³-hybridized carbons (Fsp3) is 0.467. The number of rotatable bonds is 7. The Balaban J connectivity index is 2.89. The van der Waals surface area contributed by atoms with Gasteiger partial charge in [0.15, 0.2) is 0 Å². The van der Waals surface area contributed by atoms with E-state index in [0.717, 1.165) is 40.9 Å². The highest BCUT2D eigenvalue weighted by molar-refractivity contribution is 9.10. The maximum Gasteiger partial charge on any atom is 0.0465 e. The zero-order valence-corrected chi connectivity index (χ0v) is 13.4. The summed E-state index contributed by atoms with van der Waals surface area (Å²) < 4.78 is 1.01. The normalized spacial score (nSPS) is 12.4. The molecule has 3 heteroatoms. The molecule has 100 valence electrons. The van der Waals surface area contributed by atoms with E-state index in [-0.39, 0.29) is 6.04 Å². The number of nitrogens with one attached hydrogen (secondary N) is 1. The molecular formula is C15H21BrClN. The molecular weight excluding hydrogens is 310 g/mol. The van der Waals surface area contributed by atoms with E-state index in [0.29, 0.717) is 0 Å². The monoisotopic (exact) mass is 329 g/mol. The Bertz CT molecular complexity index is 403. The third kappa shape index (κ3) is 4.75. The molecule has 0 bridgehead atoms. The zero-order valence-electron chi connectivity index (χ0n) is 11.1. The van der Waals surface area contributed by atoms with Crippen molar-refractivity contribution >= 4 is 27.5 Å². The first kappa shape index (κ1) is 15.7. The van der Waals surface area contributed by atoms with E-state index in [1.807, 2.05) is 12.1 Å². The van der Waals surface area contributed by atoms with Crippen LogP contribution in [0.5, 0.6) is 0 Å². The molecule has 0 fully saturated rings. The van der Waals surface area contributed by atoms with Gasteiger partial charge in [0, 0.05) is 15.5 Å². The zero-order chi connectivity index (χ0) is 13.5. The van der Waals surface area contributed by atoms with Crippen molar-refractivity contribution in [2.75, 3.05) is 6.54 Å². The van der Waals surface area contributed by atoms with Gasteiger partial charge in [-0.3, -0.25) is 0 Å². The summed E-state index contributed by atoms with van der Waals surface area (Å²) in [5, 5.41) is 4.36. The van der Waals surface area contributed by atoms with E-state index >= 15 is 0 Å².